The molecule has 138 valence electrons. The summed E-state index contributed by atoms with van der Waals surface area (Å²) in [4.78, 5) is 14.0. The SMILES string of the molecule is O=[N+]([O-])c1cn2c(n1)OC1CC(c3ccc(OC(F)(F)F)cc3)OC1C2. The highest BCUT2D eigenvalue weighted by molar-refractivity contribution is 5.30. The lowest BCUT2D eigenvalue weighted by Gasteiger charge is -2.23. The number of fused-ring (bicyclic) bond motifs is 2. The summed E-state index contributed by atoms with van der Waals surface area (Å²) in [7, 11) is 0. The van der Waals surface area contributed by atoms with E-state index in [1.165, 1.54) is 35.0 Å². The summed E-state index contributed by atoms with van der Waals surface area (Å²) < 4.78 is 53.6. The van der Waals surface area contributed by atoms with Crippen LogP contribution in [0.1, 0.15) is 18.1 Å². The van der Waals surface area contributed by atoms with E-state index in [0.717, 1.165) is 0 Å². The monoisotopic (exact) mass is 371 g/mol. The first-order chi connectivity index (χ1) is 12.3. The van der Waals surface area contributed by atoms with Crippen molar-refractivity contribution in [3.8, 4) is 11.8 Å². The van der Waals surface area contributed by atoms with Gasteiger partial charge in [0, 0.05) is 11.4 Å². The summed E-state index contributed by atoms with van der Waals surface area (Å²) in [6, 6.07) is 5.63. The normalized spacial score (nSPS) is 24.5. The highest BCUT2D eigenvalue weighted by Crippen LogP contribution is 2.39. The van der Waals surface area contributed by atoms with Gasteiger partial charge in [-0.3, -0.25) is 4.57 Å². The Morgan fingerprint density at radius 1 is 1.27 bits per heavy atom. The molecular weight excluding hydrogens is 359 g/mol. The van der Waals surface area contributed by atoms with Crippen molar-refractivity contribution in [3.05, 3.63) is 46.1 Å². The Morgan fingerprint density at radius 2 is 2.00 bits per heavy atom. The zero-order valence-electron chi connectivity index (χ0n) is 13.0. The Morgan fingerprint density at radius 3 is 2.65 bits per heavy atom. The lowest BCUT2D eigenvalue weighted by atomic mass is 10.0. The minimum absolute atomic E-state index is 0.163. The van der Waals surface area contributed by atoms with Crippen molar-refractivity contribution in [2.24, 2.45) is 0 Å². The number of aromatic nitrogens is 2. The number of benzene rings is 1. The van der Waals surface area contributed by atoms with Crippen molar-refractivity contribution in [2.75, 3.05) is 0 Å². The molecule has 0 saturated carbocycles. The second-order valence-electron chi connectivity index (χ2n) is 5.96. The summed E-state index contributed by atoms with van der Waals surface area (Å²) >= 11 is 0. The van der Waals surface area contributed by atoms with Crippen LogP contribution in [0.5, 0.6) is 11.8 Å². The Labute approximate surface area is 144 Å². The van der Waals surface area contributed by atoms with Gasteiger partial charge in [0.2, 0.25) is 0 Å². The molecule has 2 aromatic rings. The lowest BCUT2D eigenvalue weighted by Crippen LogP contribution is -2.36. The first-order valence-electron chi connectivity index (χ1n) is 7.68. The van der Waals surface area contributed by atoms with Gasteiger partial charge in [0.1, 0.15) is 24.2 Å². The lowest BCUT2D eigenvalue weighted by molar-refractivity contribution is -0.389. The van der Waals surface area contributed by atoms with E-state index in [9.17, 15) is 23.3 Å². The van der Waals surface area contributed by atoms with Crippen molar-refractivity contribution in [1.82, 2.24) is 9.55 Å². The molecule has 0 aliphatic carbocycles. The first kappa shape index (κ1) is 16.6. The first-order valence-corrected chi connectivity index (χ1v) is 7.68. The molecule has 0 amide bonds. The van der Waals surface area contributed by atoms with Crippen molar-refractivity contribution in [1.29, 1.82) is 0 Å². The highest BCUT2D eigenvalue weighted by atomic mass is 19.4. The van der Waals surface area contributed by atoms with E-state index in [4.69, 9.17) is 9.47 Å². The van der Waals surface area contributed by atoms with E-state index < -0.39 is 11.3 Å². The van der Waals surface area contributed by atoms with E-state index in [1.54, 1.807) is 0 Å². The van der Waals surface area contributed by atoms with Gasteiger partial charge >= 0.3 is 18.2 Å². The third kappa shape index (κ3) is 3.17. The maximum absolute atomic E-state index is 12.2. The molecule has 1 fully saturated rings. The predicted molar refractivity (Wildman–Crippen MR) is 78.7 cm³/mol. The Hall–Kier alpha value is -2.82. The van der Waals surface area contributed by atoms with Crippen LogP contribution in [0.15, 0.2) is 30.5 Å². The summed E-state index contributed by atoms with van der Waals surface area (Å²) in [6.45, 7) is 0.354. The molecule has 0 N–H and O–H groups in total. The molecule has 0 radical (unpaired) electrons. The standard InChI is InChI=1S/C15H12F3N3O5/c16-15(17,18)26-9-3-1-8(2-4-9)10-5-11-12(24-10)6-20-7-13(21(22)23)19-14(20)25-11/h1-4,7,10-12H,5-6H2. The second-order valence-corrected chi connectivity index (χ2v) is 5.96. The molecule has 1 saturated heterocycles. The van der Waals surface area contributed by atoms with Crippen LogP contribution in [0, 0.1) is 10.1 Å². The molecule has 1 aromatic carbocycles. The van der Waals surface area contributed by atoms with Crippen LogP contribution < -0.4 is 9.47 Å². The number of halogens is 3. The number of imidazole rings is 1. The summed E-state index contributed by atoms with van der Waals surface area (Å²) in [5.41, 5.74) is 0.696. The van der Waals surface area contributed by atoms with Crippen LogP contribution in [0.25, 0.3) is 0 Å². The minimum Gasteiger partial charge on any atom is -0.440 e. The fraction of sp³-hybridized carbons (Fsp3) is 0.400. The molecule has 2 aliphatic heterocycles. The number of rotatable bonds is 3. The van der Waals surface area contributed by atoms with Gasteiger partial charge < -0.3 is 24.3 Å². The van der Waals surface area contributed by atoms with E-state index in [2.05, 4.69) is 9.72 Å². The number of nitrogens with zero attached hydrogens (tertiary/aromatic N) is 3. The molecule has 3 atom stereocenters. The quantitative estimate of drug-likeness (QED) is 0.609. The molecule has 0 bridgehead atoms. The zero-order chi connectivity index (χ0) is 18.5. The summed E-state index contributed by atoms with van der Waals surface area (Å²) in [6.07, 6.45) is -4.01. The number of hydrogen-bond donors (Lipinski definition) is 0. The average Bonchev–Trinajstić information content (AvgIpc) is 3.14. The molecule has 26 heavy (non-hydrogen) atoms. The van der Waals surface area contributed by atoms with Crippen LogP contribution in [0.2, 0.25) is 0 Å². The number of ether oxygens (including phenoxy) is 3. The Balaban J connectivity index is 1.45. The van der Waals surface area contributed by atoms with Gasteiger partial charge in [0.05, 0.1) is 12.6 Å². The maximum atomic E-state index is 12.2. The van der Waals surface area contributed by atoms with E-state index in [1.807, 2.05) is 0 Å². The Bertz CT molecular complexity index is 805. The van der Waals surface area contributed by atoms with Gasteiger partial charge in [-0.2, -0.15) is 0 Å². The van der Waals surface area contributed by atoms with Gasteiger partial charge in [-0.25, -0.2) is 0 Å². The Kier molecular flexibility index (Phi) is 3.75. The van der Waals surface area contributed by atoms with Crippen LogP contribution in [0.3, 0.4) is 0 Å². The number of hydrogen-bond acceptors (Lipinski definition) is 6. The van der Waals surface area contributed by atoms with E-state index in [0.29, 0.717) is 18.5 Å². The maximum Gasteiger partial charge on any atom is 0.573 e. The fourth-order valence-electron chi connectivity index (χ4n) is 3.13. The average molecular weight is 371 g/mol. The highest BCUT2D eigenvalue weighted by Gasteiger charge is 2.43. The van der Waals surface area contributed by atoms with Gasteiger partial charge in [-0.1, -0.05) is 12.1 Å². The van der Waals surface area contributed by atoms with Gasteiger partial charge in [-0.15, -0.1) is 13.2 Å². The van der Waals surface area contributed by atoms with Crippen LogP contribution >= 0.6 is 0 Å². The molecule has 2 aliphatic rings. The smallest absolute Gasteiger partial charge is 0.440 e. The summed E-state index contributed by atoms with van der Waals surface area (Å²) in [5, 5.41) is 10.8. The minimum atomic E-state index is -4.74. The van der Waals surface area contributed by atoms with Gasteiger partial charge in [-0.05, 0) is 22.6 Å². The van der Waals surface area contributed by atoms with Crippen molar-refractivity contribution in [2.45, 2.75) is 37.6 Å². The van der Waals surface area contributed by atoms with Crippen molar-refractivity contribution >= 4 is 5.82 Å². The van der Waals surface area contributed by atoms with Gasteiger partial charge in [0.15, 0.2) is 0 Å². The predicted octanol–water partition coefficient (Wildman–Crippen LogP) is 2.98. The van der Waals surface area contributed by atoms with Crippen LogP contribution in [0.4, 0.5) is 19.0 Å². The fourth-order valence-corrected chi connectivity index (χ4v) is 3.13. The third-order valence-electron chi connectivity index (χ3n) is 4.23. The largest absolute Gasteiger partial charge is 0.573 e. The van der Waals surface area contributed by atoms with Gasteiger partial charge in [0.25, 0.3) is 0 Å². The van der Waals surface area contributed by atoms with Crippen LogP contribution in [-0.2, 0) is 11.3 Å². The molecule has 1 aromatic heterocycles. The molecule has 3 unspecified atom stereocenters. The molecular formula is C15H12F3N3O5. The second kappa shape index (κ2) is 5.87. The van der Waals surface area contributed by atoms with Crippen molar-refractivity contribution < 1.29 is 32.3 Å². The van der Waals surface area contributed by atoms with E-state index >= 15 is 0 Å². The summed E-state index contributed by atoms with van der Waals surface area (Å²) in [5.74, 6) is -0.600. The number of nitro groups is 1. The number of alkyl halides is 3. The van der Waals surface area contributed by atoms with Crippen LogP contribution in [-0.4, -0.2) is 33.0 Å². The molecule has 8 nitrogen and oxygen atoms in total. The third-order valence-corrected chi connectivity index (χ3v) is 4.23. The zero-order valence-corrected chi connectivity index (χ0v) is 13.0. The van der Waals surface area contributed by atoms with E-state index in [-0.39, 0.29) is 35.9 Å². The molecule has 4 rings (SSSR count). The molecule has 3 heterocycles. The molecule has 11 heteroatoms. The molecule has 0 spiro atoms. The van der Waals surface area contributed by atoms with Crippen molar-refractivity contribution in [3.63, 3.8) is 0 Å². The topological polar surface area (TPSA) is 88.7 Å².